The average molecular weight is 255 g/mol. The Bertz CT molecular complexity index is 543. The molecule has 8 nitrogen and oxygen atoms in total. The minimum Gasteiger partial charge on any atom is -0.594 e. The number of H-pyrrole nitrogens is 1. The van der Waals surface area contributed by atoms with Crippen LogP contribution in [0, 0.1) is 0 Å². The van der Waals surface area contributed by atoms with Gasteiger partial charge in [0.25, 0.3) is 0 Å². The summed E-state index contributed by atoms with van der Waals surface area (Å²) in [4.78, 5) is 25.3. The fourth-order valence-electron chi connectivity index (χ4n) is 1.32. The number of rotatable bonds is 5. The second-order valence-electron chi connectivity index (χ2n) is 3.25. The second kappa shape index (κ2) is 5.13. The van der Waals surface area contributed by atoms with Crippen LogP contribution in [0.15, 0.2) is 6.33 Å². The molecule has 17 heavy (non-hydrogen) atoms. The molecule has 2 heterocycles. The Hall–Kier alpha value is -1.63. The van der Waals surface area contributed by atoms with E-state index in [-0.39, 0.29) is 13.0 Å². The lowest BCUT2D eigenvalue weighted by Gasteiger charge is -2.01. The van der Waals surface area contributed by atoms with Crippen molar-refractivity contribution < 1.29 is 14.2 Å². The first kappa shape index (κ1) is 11.8. The van der Waals surface area contributed by atoms with Crippen molar-refractivity contribution in [3.63, 3.8) is 0 Å². The van der Waals surface area contributed by atoms with E-state index >= 15 is 0 Å². The summed E-state index contributed by atoms with van der Waals surface area (Å²) in [5, 5.41) is 0. The number of aromatic amines is 1. The largest absolute Gasteiger partial charge is 0.594 e. The van der Waals surface area contributed by atoms with Crippen LogP contribution in [0.2, 0.25) is 0 Å². The Morgan fingerprint density at radius 1 is 1.53 bits per heavy atom. The Labute approximate surface area is 97.1 Å². The third-order valence-electron chi connectivity index (χ3n) is 2.03. The number of hydrogen-bond donors (Lipinski definition) is 2. The number of ether oxygens (including phenoxy) is 1. The molecule has 90 valence electrons. The summed E-state index contributed by atoms with van der Waals surface area (Å²) in [5.41, 5.74) is 6.78. The molecule has 3 N–H and O–H groups in total. The van der Waals surface area contributed by atoms with Gasteiger partial charge in [0.15, 0.2) is 11.5 Å². The molecule has 9 heteroatoms. The average Bonchev–Trinajstić information content (AvgIpc) is 2.72. The Balaban J connectivity index is 2.01. The van der Waals surface area contributed by atoms with Crippen molar-refractivity contribution in [1.29, 1.82) is 0 Å². The maximum Gasteiger partial charge on any atom is 0.337 e. The number of nitrogen functional groups attached to an aromatic ring is 1. The van der Waals surface area contributed by atoms with Crippen LogP contribution < -0.4 is 10.6 Å². The van der Waals surface area contributed by atoms with Gasteiger partial charge < -0.3 is 20.3 Å². The van der Waals surface area contributed by atoms with Gasteiger partial charge in [0.05, 0.1) is 12.9 Å². The van der Waals surface area contributed by atoms with Crippen LogP contribution in [0.5, 0.6) is 0 Å². The van der Waals surface area contributed by atoms with Crippen LogP contribution in [0.3, 0.4) is 0 Å². The quantitative estimate of drug-likeness (QED) is 0.546. The lowest BCUT2D eigenvalue weighted by atomic mass is 10.4. The minimum absolute atomic E-state index is 0.221. The standard InChI is InChI=1S/C8H10N5O3P/c9-7-6-8(11-3-10-6)13-5(12-7)1-2-16-4-17(14)15/h3H,1-2,4H2,(H3,9,10,11,12,13). The molecule has 0 bridgehead atoms. The summed E-state index contributed by atoms with van der Waals surface area (Å²) in [5.74, 6) is 0.792. The Kier molecular flexibility index (Phi) is 3.58. The summed E-state index contributed by atoms with van der Waals surface area (Å²) in [6.45, 7) is 0.221. The highest BCUT2D eigenvalue weighted by Crippen LogP contribution is 2.13. The molecule has 0 radical (unpaired) electrons. The van der Waals surface area contributed by atoms with E-state index in [4.69, 9.17) is 10.5 Å². The van der Waals surface area contributed by atoms with Crippen molar-refractivity contribution in [3.8, 4) is 0 Å². The molecule has 0 saturated carbocycles. The molecule has 0 saturated heterocycles. The van der Waals surface area contributed by atoms with Gasteiger partial charge in [-0.1, -0.05) is 4.57 Å². The normalized spacial score (nSPS) is 11.9. The molecule has 0 spiro atoms. The molecule has 0 aliphatic carbocycles. The number of imidazole rings is 1. The number of nitrogens with zero attached hydrogens (tertiary/aromatic N) is 3. The van der Waals surface area contributed by atoms with E-state index in [9.17, 15) is 9.46 Å². The number of anilines is 1. The van der Waals surface area contributed by atoms with Gasteiger partial charge in [-0.2, -0.15) is 0 Å². The van der Waals surface area contributed by atoms with E-state index in [2.05, 4.69) is 19.9 Å². The highest BCUT2D eigenvalue weighted by Gasteiger charge is 2.07. The smallest absolute Gasteiger partial charge is 0.337 e. The van der Waals surface area contributed by atoms with Gasteiger partial charge in [-0.05, 0) is 0 Å². The zero-order chi connectivity index (χ0) is 12.3. The highest BCUT2D eigenvalue weighted by atomic mass is 31.1. The SMILES string of the molecule is Nc1nc(CCOC[P+](=O)[O-])nc2nc[nH]c12. The van der Waals surface area contributed by atoms with E-state index in [0.717, 1.165) is 0 Å². The van der Waals surface area contributed by atoms with Crippen molar-refractivity contribution in [2.24, 2.45) is 0 Å². The zero-order valence-corrected chi connectivity index (χ0v) is 9.68. The first-order chi connectivity index (χ1) is 8.16. The van der Waals surface area contributed by atoms with Gasteiger partial charge in [0.2, 0.25) is 6.35 Å². The number of aromatic nitrogens is 4. The minimum atomic E-state index is -2.51. The molecule has 0 amide bonds. The number of nitrogens with one attached hydrogen (secondary N) is 1. The van der Waals surface area contributed by atoms with Crippen LogP contribution >= 0.6 is 8.03 Å². The molecular formula is C8H10N5O3P. The number of hydrogen-bond acceptors (Lipinski definition) is 7. The van der Waals surface area contributed by atoms with E-state index < -0.39 is 8.03 Å². The van der Waals surface area contributed by atoms with Crippen LogP contribution in [0.4, 0.5) is 5.82 Å². The van der Waals surface area contributed by atoms with Gasteiger partial charge in [-0.3, -0.25) is 0 Å². The molecule has 1 atom stereocenters. The van der Waals surface area contributed by atoms with Gasteiger partial charge in [-0.15, -0.1) is 0 Å². The van der Waals surface area contributed by atoms with E-state index in [0.29, 0.717) is 29.2 Å². The van der Waals surface area contributed by atoms with Crippen molar-refractivity contribution in [3.05, 3.63) is 12.2 Å². The van der Waals surface area contributed by atoms with Gasteiger partial charge >= 0.3 is 8.03 Å². The highest BCUT2D eigenvalue weighted by molar-refractivity contribution is 7.36. The molecule has 0 aliphatic rings. The van der Waals surface area contributed by atoms with Crippen LogP contribution in [0.1, 0.15) is 5.82 Å². The predicted octanol–water partition coefficient (Wildman–Crippen LogP) is -0.446. The third-order valence-corrected chi connectivity index (χ3v) is 2.42. The molecule has 2 rings (SSSR count). The monoisotopic (exact) mass is 255 g/mol. The third kappa shape index (κ3) is 2.94. The van der Waals surface area contributed by atoms with Crippen molar-refractivity contribution in [1.82, 2.24) is 19.9 Å². The van der Waals surface area contributed by atoms with E-state index in [1.54, 1.807) is 0 Å². The van der Waals surface area contributed by atoms with Gasteiger partial charge in [-0.25, -0.2) is 15.0 Å². The van der Waals surface area contributed by atoms with E-state index in [1.807, 2.05) is 0 Å². The van der Waals surface area contributed by atoms with Crippen molar-refractivity contribution in [2.45, 2.75) is 6.42 Å². The summed E-state index contributed by atoms with van der Waals surface area (Å²) in [7, 11) is -2.51. The predicted molar refractivity (Wildman–Crippen MR) is 58.2 cm³/mol. The molecule has 2 aromatic rings. The van der Waals surface area contributed by atoms with E-state index in [1.165, 1.54) is 6.33 Å². The summed E-state index contributed by atoms with van der Waals surface area (Å²) >= 11 is 0. The van der Waals surface area contributed by atoms with Gasteiger partial charge in [0, 0.05) is 6.42 Å². The van der Waals surface area contributed by atoms with Crippen LogP contribution in [-0.2, 0) is 15.7 Å². The summed E-state index contributed by atoms with van der Waals surface area (Å²) in [6, 6.07) is 0. The summed E-state index contributed by atoms with van der Waals surface area (Å²) in [6.07, 6.45) is 1.57. The molecule has 2 aromatic heterocycles. The zero-order valence-electron chi connectivity index (χ0n) is 8.79. The van der Waals surface area contributed by atoms with Crippen LogP contribution in [-0.4, -0.2) is 32.9 Å². The van der Waals surface area contributed by atoms with Crippen molar-refractivity contribution in [2.75, 3.05) is 18.7 Å². The first-order valence-electron chi connectivity index (χ1n) is 4.82. The summed E-state index contributed by atoms with van der Waals surface area (Å²) < 4.78 is 15.1. The maximum absolute atomic E-state index is 10.3. The second-order valence-corrected chi connectivity index (χ2v) is 4.17. The molecule has 0 aliphatic heterocycles. The maximum atomic E-state index is 10.3. The van der Waals surface area contributed by atoms with Crippen molar-refractivity contribution >= 4 is 25.0 Å². The Morgan fingerprint density at radius 3 is 3.12 bits per heavy atom. The lowest BCUT2D eigenvalue weighted by molar-refractivity contribution is -0.168. The van der Waals surface area contributed by atoms with Crippen LogP contribution in [0.25, 0.3) is 11.2 Å². The van der Waals surface area contributed by atoms with Gasteiger partial charge in [0.1, 0.15) is 11.3 Å². The molecule has 0 aromatic carbocycles. The molecule has 0 fully saturated rings. The fraction of sp³-hybridized carbons (Fsp3) is 0.375. The fourth-order valence-corrected chi connectivity index (χ4v) is 1.60. The molecular weight excluding hydrogens is 245 g/mol. The lowest BCUT2D eigenvalue weighted by Crippen LogP contribution is -2.06. The number of fused-ring (bicyclic) bond motifs is 1. The molecule has 1 unspecified atom stereocenters. The topological polar surface area (TPSA) is 130 Å². The Morgan fingerprint density at radius 2 is 2.35 bits per heavy atom. The number of nitrogens with two attached hydrogens (primary N) is 1. The first-order valence-corrected chi connectivity index (χ1v) is 6.18.